The fraction of sp³-hybridized carbons (Fsp3) is 0.615. The molecule has 1 N–H and O–H groups in total. The molecule has 2 nitrogen and oxygen atoms in total. The van der Waals surface area contributed by atoms with Gasteiger partial charge in [-0.05, 0) is 36.9 Å². The van der Waals surface area contributed by atoms with Gasteiger partial charge in [0.1, 0.15) is 0 Å². The zero-order valence-electron chi connectivity index (χ0n) is 9.66. The van der Waals surface area contributed by atoms with Crippen LogP contribution in [0.1, 0.15) is 32.3 Å². The lowest BCUT2D eigenvalue weighted by Crippen LogP contribution is -2.47. The van der Waals surface area contributed by atoms with Crippen LogP contribution in [0.5, 0.6) is 0 Å². The third-order valence-corrected chi connectivity index (χ3v) is 3.47. The molecule has 1 fully saturated rings. The summed E-state index contributed by atoms with van der Waals surface area (Å²) in [6, 6.07) is 4.27. The van der Waals surface area contributed by atoms with Gasteiger partial charge in [0, 0.05) is 24.4 Å². The van der Waals surface area contributed by atoms with Crippen molar-refractivity contribution in [3.63, 3.8) is 0 Å². The number of nitrogens with one attached hydrogen (secondary N) is 1. The molecule has 2 rings (SSSR count). The third kappa shape index (κ3) is 2.05. The van der Waals surface area contributed by atoms with E-state index in [1.165, 1.54) is 18.4 Å². The van der Waals surface area contributed by atoms with Crippen LogP contribution in [0.3, 0.4) is 0 Å². The molecule has 0 bridgehead atoms. The van der Waals surface area contributed by atoms with E-state index in [0.717, 1.165) is 19.0 Å². The Morgan fingerprint density at radius 1 is 1.53 bits per heavy atom. The summed E-state index contributed by atoms with van der Waals surface area (Å²) in [7, 11) is 0. The topological polar surface area (TPSA) is 24.9 Å². The second-order valence-electron chi connectivity index (χ2n) is 4.82. The second kappa shape index (κ2) is 4.31. The van der Waals surface area contributed by atoms with Crippen molar-refractivity contribution in [2.45, 2.75) is 32.1 Å². The number of rotatable bonds is 4. The maximum atomic E-state index is 4.24. The van der Waals surface area contributed by atoms with Crippen molar-refractivity contribution in [3.8, 4) is 0 Å². The van der Waals surface area contributed by atoms with Crippen LogP contribution in [0.2, 0.25) is 0 Å². The van der Waals surface area contributed by atoms with Crippen molar-refractivity contribution in [1.82, 2.24) is 10.3 Å². The van der Waals surface area contributed by atoms with Gasteiger partial charge in [0.2, 0.25) is 0 Å². The minimum Gasteiger partial charge on any atom is -0.316 e. The molecule has 0 aliphatic heterocycles. The molecule has 2 heteroatoms. The summed E-state index contributed by atoms with van der Waals surface area (Å²) in [5.41, 5.74) is 1.77. The average molecular weight is 204 g/mol. The highest BCUT2D eigenvalue weighted by atomic mass is 14.9. The lowest BCUT2D eigenvalue weighted by Gasteiger charge is -2.47. The summed E-state index contributed by atoms with van der Waals surface area (Å²) < 4.78 is 0. The molecule has 0 spiro atoms. The highest BCUT2D eigenvalue weighted by Gasteiger charge is 2.42. The van der Waals surface area contributed by atoms with Gasteiger partial charge in [0.15, 0.2) is 0 Å². The molecule has 1 aliphatic carbocycles. The zero-order chi connectivity index (χ0) is 10.7. The SMILES string of the molecule is CCNCC1(c2cccnc2)CC(C)C1. The van der Waals surface area contributed by atoms with Crippen molar-refractivity contribution >= 4 is 0 Å². The predicted octanol–water partition coefficient (Wildman–Crippen LogP) is 2.36. The Labute approximate surface area is 92.1 Å². The monoisotopic (exact) mass is 204 g/mol. The van der Waals surface area contributed by atoms with Gasteiger partial charge in [-0.2, -0.15) is 0 Å². The van der Waals surface area contributed by atoms with Crippen LogP contribution in [0, 0.1) is 5.92 Å². The van der Waals surface area contributed by atoms with Crippen molar-refractivity contribution < 1.29 is 0 Å². The molecule has 0 radical (unpaired) electrons. The fourth-order valence-corrected chi connectivity index (χ4v) is 2.80. The molecule has 0 aromatic carbocycles. The predicted molar refractivity (Wildman–Crippen MR) is 62.9 cm³/mol. The van der Waals surface area contributed by atoms with E-state index in [0.29, 0.717) is 5.41 Å². The summed E-state index contributed by atoms with van der Waals surface area (Å²) >= 11 is 0. The highest BCUT2D eigenvalue weighted by molar-refractivity contribution is 5.26. The van der Waals surface area contributed by atoms with Crippen LogP contribution in [0.4, 0.5) is 0 Å². The highest BCUT2D eigenvalue weighted by Crippen LogP contribution is 2.46. The first kappa shape index (κ1) is 10.6. The van der Waals surface area contributed by atoms with E-state index in [2.05, 4.69) is 30.2 Å². The van der Waals surface area contributed by atoms with Gasteiger partial charge in [0.25, 0.3) is 0 Å². The zero-order valence-corrected chi connectivity index (χ0v) is 9.66. The number of pyridine rings is 1. The van der Waals surface area contributed by atoms with Crippen LogP contribution in [-0.2, 0) is 5.41 Å². The Balaban J connectivity index is 2.13. The Morgan fingerprint density at radius 3 is 2.87 bits per heavy atom. The molecule has 1 heterocycles. The molecule has 1 aromatic heterocycles. The molecule has 1 saturated carbocycles. The van der Waals surface area contributed by atoms with Gasteiger partial charge in [-0.15, -0.1) is 0 Å². The first-order chi connectivity index (χ1) is 7.27. The van der Waals surface area contributed by atoms with Gasteiger partial charge < -0.3 is 5.32 Å². The average Bonchev–Trinajstić information content (AvgIpc) is 2.24. The second-order valence-corrected chi connectivity index (χ2v) is 4.82. The van der Waals surface area contributed by atoms with E-state index >= 15 is 0 Å². The van der Waals surface area contributed by atoms with E-state index in [1.807, 2.05) is 18.5 Å². The molecule has 0 atom stereocenters. The summed E-state index contributed by atoms with van der Waals surface area (Å²) in [6.45, 7) is 6.65. The number of hydrogen-bond acceptors (Lipinski definition) is 2. The Hall–Kier alpha value is -0.890. The molecular weight excluding hydrogens is 184 g/mol. The van der Waals surface area contributed by atoms with Gasteiger partial charge in [-0.25, -0.2) is 0 Å². The standard InChI is InChI=1S/C13H20N2/c1-3-14-10-13(7-11(2)8-13)12-5-4-6-15-9-12/h4-6,9,11,14H,3,7-8,10H2,1-2H3. The molecule has 1 aliphatic rings. The minimum absolute atomic E-state index is 0.365. The van der Waals surface area contributed by atoms with Crippen LogP contribution in [0.15, 0.2) is 24.5 Å². The number of likely N-dealkylation sites (N-methyl/N-ethyl adjacent to an activating group) is 1. The van der Waals surface area contributed by atoms with Crippen molar-refractivity contribution in [3.05, 3.63) is 30.1 Å². The van der Waals surface area contributed by atoms with E-state index in [-0.39, 0.29) is 0 Å². The van der Waals surface area contributed by atoms with Crippen molar-refractivity contribution in [1.29, 1.82) is 0 Å². The lowest BCUT2D eigenvalue weighted by molar-refractivity contribution is 0.153. The minimum atomic E-state index is 0.365. The van der Waals surface area contributed by atoms with Gasteiger partial charge in [-0.3, -0.25) is 4.98 Å². The van der Waals surface area contributed by atoms with E-state index in [9.17, 15) is 0 Å². The maximum Gasteiger partial charge on any atom is 0.0306 e. The van der Waals surface area contributed by atoms with Gasteiger partial charge >= 0.3 is 0 Å². The Bertz CT molecular complexity index is 302. The molecule has 0 saturated heterocycles. The first-order valence-electron chi connectivity index (χ1n) is 5.88. The third-order valence-electron chi connectivity index (χ3n) is 3.47. The van der Waals surface area contributed by atoms with E-state index in [4.69, 9.17) is 0 Å². The fourth-order valence-electron chi connectivity index (χ4n) is 2.80. The summed E-state index contributed by atoms with van der Waals surface area (Å²) in [5.74, 6) is 0.865. The molecule has 0 amide bonds. The molecule has 15 heavy (non-hydrogen) atoms. The number of aromatic nitrogens is 1. The normalized spacial score (nSPS) is 29.9. The maximum absolute atomic E-state index is 4.24. The summed E-state index contributed by atoms with van der Waals surface area (Å²) in [5, 5.41) is 3.48. The van der Waals surface area contributed by atoms with Crippen molar-refractivity contribution in [2.24, 2.45) is 5.92 Å². The number of nitrogens with zero attached hydrogens (tertiary/aromatic N) is 1. The van der Waals surface area contributed by atoms with Gasteiger partial charge in [-0.1, -0.05) is 19.9 Å². The van der Waals surface area contributed by atoms with Crippen LogP contribution in [-0.4, -0.2) is 18.1 Å². The molecule has 0 unspecified atom stereocenters. The smallest absolute Gasteiger partial charge is 0.0306 e. The first-order valence-corrected chi connectivity index (χ1v) is 5.88. The van der Waals surface area contributed by atoms with E-state index < -0.39 is 0 Å². The van der Waals surface area contributed by atoms with Gasteiger partial charge in [0.05, 0.1) is 0 Å². The lowest BCUT2D eigenvalue weighted by atomic mass is 9.59. The van der Waals surface area contributed by atoms with Crippen LogP contribution in [0.25, 0.3) is 0 Å². The summed E-state index contributed by atoms with van der Waals surface area (Å²) in [6.07, 6.45) is 6.48. The largest absolute Gasteiger partial charge is 0.316 e. The quantitative estimate of drug-likeness (QED) is 0.814. The Kier molecular flexibility index (Phi) is 3.06. The molecular formula is C13H20N2. The van der Waals surface area contributed by atoms with E-state index in [1.54, 1.807) is 0 Å². The Morgan fingerprint density at radius 2 is 2.33 bits per heavy atom. The van der Waals surface area contributed by atoms with Crippen molar-refractivity contribution in [2.75, 3.05) is 13.1 Å². The molecule has 1 aromatic rings. The van der Waals surface area contributed by atoms with Crippen LogP contribution < -0.4 is 5.32 Å². The number of hydrogen-bond donors (Lipinski definition) is 1. The molecule has 82 valence electrons. The summed E-state index contributed by atoms with van der Waals surface area (Å²) in [4.78, 5) is 4.24. The van der Waals surface area contributed by atoms with Crippen LogP contribution >= 0.6 is 0 Å².